The molecule has 0 unspecified atom stereocenters. The van der Waals surface area contributed by atoms with Gasteiger partial charge in [-0.15, -0.1) is 5.10 Å². The Balaban J connectivity index is 1.55. The van der Waals surface area contributed by atoms with Crippen molar-refractivity contribution < 1.29 is 17.2 Å². The van der Waals surface area contributed by atoms with E-state index in [4.69, 9.17) is 0 Å². The smallest absolute Gasteiger partial charge is 0.272 e. The number of benzene rings is 2. The molecule has 1 N–H and O–H groups in total. The van der Waals surface area contributed by atoms with Crippen molar-refractivity contribution in [3.63, 3.8) is 0 Å². The van der Waals surface area contributed by atoms with Gasteiger partial charge in [-0.05, 0) is 49.2 Å². The molecule has 0 saturated heterocycles. The van der Waals surface area contributed by atoms with Gasteiger partial charge >= 0.3 is 5.69 Å². The number of rotatable bonds is 7. The molecule has 0 aliphatic heterocycles. The fraction of sp³-hybridized carbons (Fsp3) is 0.263. The molecule has 3 aromatic rings. The van der Waals surface area contributed by atoms with Crippen molar-refractivity contribution in [1.29, 1.82) is 0 Å². The molecule has 0 atom stereocenters. The minimum atomic E-state index is -4.05. The highest BCUT2D eigenvalue weighted by molar-refractivity contribution is 7.89. The van der Waals surface area contributed by atoms with E-state index in [2.05, 4.69) is 9.82 Å². The van der Waals surface area contributed by atoms with Crippen LogP contribution in [0.3, 0.4) is 0 Å². The first-order valence-corrected chi connectivity index (χ1v) is 10.5. The van der Waals surface area contributed by atoms with E-state index in [-0.39, 0.29) is 24.8 Å². The van der Waals surface area contributed by atoms with Crippen molar-refractivity contribution in [3.8, 4) is 11.4 Å². The lowest BCUT2D eigenvalue weighted by Gasteiger charge is -2.07. The number of aromatic nitrogens is 3. The first kappa shape index (κ1) is 19.5. The van der Waals surface area contributed by atoms with Crippen LogP contribution in [0.1, 0.15) is 18.9 Å². The topological polar surface area (TPSA) is 86.0 Å². The highest BCUT2D eigenvalue weighted by atomic mass is 32.2. The lowest BCUT2D eigenvalue weighted by molar-refractivity contribution is 0.537. The molecule has 7 nitrogen and oxygen atoms in total. The molecule has 1 heterocycles. The third-order valence-electron chi connectivity index (χ3n) is 4.63. The summed E-state index contributed by atoms with van der Waals surface area (Å²) in [6.07, 6.45) is 1.69. The molecule has 0 spiro atoms. The zero-order chi connectivity index (χ0) is 20.6. The molecule has 4 rings (SSSR count). The van der Waals surface area contributed by atoms with Gasteiger partial charge in [-0.25, -0.2) is 31.4 Å². The summed E-state index contributed by atoms with van der Waals surface area (Å²) in [6.45, 7) is -0.165. The van der Waals surface area contributed by atoms with E-state index in [1.54, 1.807) is 16.7 Å². The lowest BCUT2D eigenvalue weighted by atomic mass is 10.2. The molecule has 1 aromatic heterocycles. The molecule has 10 heteroatoms. The van der Waals surface area contributed by atoms with Crippen molar-refractivity contribution >= 4 is 10.0 Å². The average Bonchev–Trinajstić information content (AvgIpc) is 3.47. The second kappa shape index (κ2) is 7.53. The van der Waals surface area contributed by atoms with E-state index in [0.717, 1.165) is 25.0 Å². The number of hydrogen-bond acceptors (Lipinski definition) is 4. The van der Waals surface area contributed by atoms with Crippen LogP contribution in [0.4, 0.5) is 8.78 Å². The van der Waals surface area contributed by atoms with Gasteiger partial charge in [0, 0.05) is 18.2 Å². The number of nitrogens with zero attached hydrogens (tertiary/aromatic N) is 3. The quantitative estimate of drug-likeness (QED) is 0.636. The van der Waals surface area contributed by atoms with Gasteiger partial charge in [-0.3, -0.25) is 4.57 Å². The van der Waals surface area contributed by atoms with E-state index in [1.807, 2.05) is 0 Å². The molecule has 0 bridgehead atoms. The normalized spacial score (nSPS) is 14.3. The Hall–Kier alpha value is -2.85. The lowest BCUT2D eigenvalue weighted by Crippen LogP contribution is -2.32. The van der Waals surface area contributed by atoms with Crippen LogP contribution in [0.2, 0.25) is 0 Å². The Morgan fingerprint density at radius 2 is 1.76 bits per heavy atom. The molecule has 1 saturated carbocycles. The van der Waals surface area contributed by atoms with Crippen LogP contribution in [-0.2, 0) is 16.6 Å². The molecule has 152 valence electrons. The first-order valence-electron chi connectivity index (χ1n) is 9.06. The third kappa shape index (κ3) is 3.99. The molecule has 1 aliphatic carbocycles. The van der Waals surface area contributed by atoms with Gasteiger partial charge in [0.15, 0.2) is 5.82 Å². The summed E-state index contributed by atoms with van der Waals surface area (Å²) in [6, 6.07) is 10.7. The number of hydrogen-bond donors (Lipinski definition) is 1. The molecule has 1 aliphatic rings. The summed E-state index contributed by atoms with van der Waals surface area (Å²) in [5.41, 5.74) is 0.234. The average molecular weight is 420 g/mol. The largest absolute Gasteiger partial charge is 0.346 e. The number of sulfonamides is 1. The van der Waals surface area contributed by atoms with Gasteiger partial charge in [0.25, 0.3) is 0 Å². The maximum Gasteiger partial charge on any atom is 0.346 e. The number of nitrogens with one attached hydrogen (secondary N) is 1. The number of halogens is 2. The van der Waals surface area contributed by atoms with Crippen LogP contribution >= 0.6 is 0 Å². The zero-order valence-corrected chi connectivity index (χ0v) is 16.1. The summed E-state index contributed by atoms with van der Waals surface area (Å²) in [5.74, 6) is -0.834. The van der Waals surface area contributed by atoms with Gasteiger partial charge in [0.2, 0.25) is 10.0 Å². The molecular formula is C19H18F2N4O3S. The van der Waals surface area contributed by atoms with E-state index >= 15 is 0 Å². The van der Waals surface area contributed by atoms with Crippen LogP contribution in [0.5, 0.6) is 0 Å². The van der Waals surface area contributed by atoms with Crippen molar-refractivity contribution in [1.82, 2.24) is 19.1 Å². The molecule has 0 radical (unpaired) electrons. The predicted octanol–water partition coefficient (Wildman–Crippen LogP) is 2.30. The van der Waals surface area contributed by atoms with Gasteiger partial charge in [0.1, 0.15) is 16.5 Å². The summed E-state index contributed by atoms with van der Waals surface area (Å²) >= 11 is 0. The Morgan fingerprint density at radius 3 is 2.41 bits per heavy atom. The summed E-state index contributed by atoms with van der Waals surface area (Å²) in [5, 5.41) is 4.32. The van der Waals surface area contributed by atoms with Crippen LogP contribution in [0, 0.1) is 11.6 Å². The van der Waals surface area contributed by atoms with Gasteiger partial charge < -0.3 is 0 Å². The molecule has 0 amide bonds. The zero-order valence-electron chi connectivity index (χ0n) is 15.3. The Kier molecular flexibility index (Phi) is 5.05. The Bertz CT molecular complexity index is 1200. The highest BCUT2D eigenvalue weighted by Crippen LogP contribution is 2.36. The third-order valence-corrected chi connectivity index (χ3v) is 6.12. The van der Waals surface area contributed by atoms with Crippen LogP contribution in [-0.4, -0.2) is 29.3 Å². The van der Waals surface area contributed by atoms with Crippen molar-refractivity contribution in [3.05, 3.63) is 70.6 Å². The summed E-state index contributed by atoms with van der Waals surface area (Å²) in [7, 11) is -4.05. The van der Waals surface area contributed by atoms with Crippen LogP contribution in [0.15, 0.2) is 58.2 Å². The van der Waals surface area contributed by atoms with Crippen molar-refractivity contribution in [2.24, 2.45) is 0 Å². The first-order chi connectivity index (χ1) is 13.9. The SMILES string of the molecule is O=c1n(CCNS(=O)(=O)c2ccccc2F)nc(-c2ccc(F)cc2)n1C1CC1. The molecular weight excluding hydrogens is 402 g/mol. The molecule has 29 heavy (non-hydrogen) atoms. The standard InChI is InChI=1S/C19H18F2N4O3S/c20-14-7-5-13(6-8-14)18-23-24(19(26)25(18)15-9-10-15)12-11-22-29(27,28)17-4-2-1-3-16(17)21/h1-8,15,22H,9-12H2. The summed E-state index contributed by atoms with van der Waals surface area (Å²) < 4.78 is 56.5. The van der Waals surface area contributed by atoms with Crippen molar-refractivity contribution in [2.45, 2.75) is 30.3 Å². The second-order valence-corrected chi connectivity index (χ2v) is 8.50. The van der Waals surface area contributed by atoms with Crippen LogP contribution < -0.4 is 10.4 Å². The minimum Gasteiger partial charge on any atom is -0.272 e. The summed E-state index contributed by atoms with van der Waals surface area (Å²) in [4.78, 5) is 12.3. The maximum absolute atomic E-state index is 13.8. The monoisotopic (exact) mass is 420 g/mol. The van der Waals surface area contributed by atoms with E-state index in [0.29, 0.717) is 11.4 Å². The van der Waals surface area contributed by atoms with Gasteiger partial charge in [-0.1, -0.05) is 12.1 Å². The molecule has 2 aromatic carbocycles. The van der Waals surface area contributed by atoms with Gasteiger partial charge in [-0.2, -0.15) is 0 Å². The maximum atomic E-state index is 13.8. The van der Waals surface area contributed by atoms with Crippen LogP contribution in [0.25, 0.3) is 11.4 Å². The molecule has 1 fully saturated rings. The predicted molar refractivity (Wildman–Crippen MR) is 102 cm³/mol. The Morgan fingerprint density at radius 1 is 1.07 bits per heavy atom. The van der Waals surface area contributed by atoms with Crippen molar-refractivity contribution in [2.75, 3.05) is 6.54 Å². The highest BCUT2D eigenvalue weighted by Gasteiger charge is 2.30. The fourth-order valence-electron chi connectivity index (χ4n) is 3.05. The van der Waals surface area contributed by atoms with Gasteiger partial charge in [0.05, 0.1) is 6.54 Å². The van der Waals surface area contributed by atoms with E-state index in [9.17, 15) is 22.0 Å². The second-order valence-electron chi connectivity index (χ2n) is 6.77. The fourth-order valence-corrected chi connectivity index (χ4v) is 4.15. The van der Waals surface area contributed by atoms with E-state index < -0.39 is 26.6 Å². The minimum absolute atomic E-state index is 0.0274. The van der Waals surface area contributed by atoms with E-state index in [1.165, 1.54) is 28.9 Å². The Labute approximate surface area is 165 Å².